The molecule has 0 spiro atoms. The molecule has 5 rings (SSSR count). The molecule has 2 N–H and O–H groups in total. The number of nitrogens with two attached hydrogens (primary N) is 1. The fourth-order valence-corrected chi connectivity index (χ4v) is 5.03. The molecule has 1 unspecified atom stereocenters. The number of thiophene rings is 1. The number of anilines is 1. The highest BCUT2D eigenvalue weighted by atomic mass is 32.1. The van der Waals surface area contributed by atoms with E-state index in [1.807, 2.05) is 30.9 Å². The summed E-state index contributed by atoms with van der Waals surface area (Å²) in [7, 11) is 2.15. The molecule has 166 valence electrons. The lowest BCUT2D eigenvalue weighted by molar-refractivity contribution is 0.312. The lowest BCUT2D eigenvalue weighted by Crippen LogP contribution is -2.45. The van der Waals surface area contributed by atoms with E-state index in [0.29, 0.717) is 12.5 Å². The second kappa shape index (κ2) is 9.32. The zero-order chi connectivity index (χ0) is 21.9. The van der Waals surface area contributed by atoms with Crippen molar-refractivity contribution in [3.05, 3.63) is 59.1 Å². The van der Waals surface area contributed by atoms with E-state index >= 15 is 0 Å². The van der Waals surface area contributed by atoms with Gasteiger partial charge in [-0.1, -0.05) is 0 Å². The van der Waals surface area contributed by atoms with Gasteiger partial charge in [-0.25, -0.2) is 19.9 Å². The van der Waals surface area contributed by atoms with Crippen molar-refractivity contribution in [2.24, 2.45) is 5.73 Å². The van der Waals surface area contributed by atoms with E-state index in [-0.39, 0.29) is 0 Å². The van der Waals surface area contributed by atoms with Gasteiger partial charge < -0.3 is 15.5 Å². The van der Waals surface area contributed by atoms with Gasteiger partial charge in [0.15, 0.2) is 11.5 Å². The molecule has 1 saturated heterocycles. The van der Waals surface area contributed by atoms with Crippen LogP contribution in [0.4, 0.5) is 5.82 Å². The van der Waals surface area contributed by atoms with Crippen molar-refractivity contribution < 1.29 is 0 Å². The van der Waals surface area contributed by atoms with Gasteiger partial charge in [-0.15, -0.1) is 0 Å². The van der Waals surface area contributed by atoms with Gasteiger partial charge in [0, 0.05) is 51.2 Å². The lowest BCUT2D eigenvalue weighted by atomic mass is 9.94. The minimum atomic E-state index is 0.330. The van der Waals surface area contributed by atoms with Gasteiger partial charge in [-0.3, -0.25) is 4.40 Å². The van der Waals surface area contributed by atoms with Gasteiger partial charge in [0.25, 0.3) is 0 Å². The standard InChI is InChI=1S/C23H28N8S/c1-29-9-11-30(12-10-29)22-23-27-15-20(31(23)8-7-26-22)19-3-6-25-21(28-19)14-17(2-5-24)18-4-13-32-16-18/h3-4,6-8,13,15-17H,2,5,9-12,14,24H2,1H3. The first-order chi connectivity index (χ1) is 15.7. The molecular formula is C23H28N8S. The number of rotatable bonds is 7. The monoisotopic (exact) mass is 448 g/mol. The fourth-order valence-electron chi connectivity index (χ4n) is 4.29. The van der Waals surface area contributed by atoms with Gasteiger partial charge >= 0.3 is 0 Å². The Morgan fingerprint density at radius 2 is 1.97 bits per heavy atom. The maximum absolute atomic E-state index is 5.88. The number of likely N-dealkylation sites (N-methyl/N-ethyl adjacent to an activating group) is 1. The van der Waals surface area contributed by atoms with Gasteiger partial charge in [-0.2, -0.15) is 11.3 Å². The first-order valence-electron chi connectivity index (χ1n) is 11.0. The molecule has 4 aromatic heterocycles. The van der Waals surface area contributed by atoms with Gasteiger partial charge in [0.05, 0.1) is 17.6 Å². The summed E-state index contributed by atoms with van der Waals surface area (Å²) in [5, 5.41) is 4.31. The molecule has 8 nitrogen and oxygen atoms in total. The van der Waals surface area contributed by atoms with Crippen LogP contribution in [0.1, 0.15) is 23.7 Å². The predicted octanol–water partition coefficient (Wildman–Crippen LogP) is 2.67. The zero-order valence-electron chi connectivity index (χ0n) is 18.3. The van der Waals surface area contributed by atoms with Crippen LogP contribution < -0.4 is 10.6 Å². The van der Waals surface area contributed by atoms with Crippen LogP contribution in [0.3, 0.4) is 0 Å². The smallest absolute Gasteiger partial charge is 0.180 e. The average Bonchev–Trinajstić information content (AvgIpc) is 3.50. The largest absolute Gasteiger partial charge is 0.351 e. The Morgan fingerprint density at radius 1 is 1.09 bits per heavy atom. The summed E-state index contributed by atoms with van der Waals surface area (Å²) in [5.41, 5.74) is 9.88. The summed E-state index contributed by atoms with van der Waals surface area (Å²) in [6.07, 6.45) is 9.22. The topological polar surface area (TPSA) is 88.5 Å². The second-order valence-corrected chi connectivity index (χ2v) is 9.05. The van der Waals surface area contributed by atoms with Crippen LogP contribution in [0.2, 0.25) is 0 Å². The third kappa shape index (κ3) is 4.23. The Morgan fingerprint density at radius 3 is 2.75 bits per heavy atom. The highest BCUT2D eigenvalue weighted by Crippen LogP contribution is 2.27. The Bertz CT molecular complexity index is 1160. The molecule has 0 aromatic carbocycles. The highest BCUT2D eigenvalue weighted by Gasteiger charge is 2.20. The first-order valence-corrected chi connectivity index (χ1v) is 12.0. The van der Waals surface area contributed by atoms with Crippen LogP contribution in [0.5, 0.6) is 0 Å². The quantitative estimate of drug-likeness (QED) is 0.465. The third-order valence-electron chi connectivity index (χ3n) is 6.14. The van der Waals surface area contributed by atoms with Crippen molar-refractivity contribution in [1.82, 2.24) is 29.2 Å². The minimum absolute atomic E-state index is 0.330. The molecule has 5 heterocycles. The maximum atomic E-state index is 5.88. The van der Waals surface area contributed by atoms with E-state index in [4.69, 9.17) is 15.7 Å². The van der Waals surface area contributed by atoms with Crippen LogP contribution in [-0.2, 0) is 6.42 Å². The van der Waals surface area contributed by atoms with Crippen molar-refractivity contribution in [3.63, 3.8) is 0 Å². The molecular weight excluding hydrogens is 420 g/mol. The lowest BCUT2D eigenvalue weighted by Gasteiger charge is -2.33. The van der Waals surface area contributed by atoms with E-state index in [2.05, 4.69) is 48.0 Å². The van der Waals surface area contributed by atoms with Crippen molar-refractivity contribution in [1.29, 1.82) is 0 Å². The predicted molar refractivity (Wildman–Crippen MR) is 128 cm³/mol. The van der Waals surface area contributed by atoms with E-state index in [1.165, 1.54) is 5.56 Å². The summed E-state index contributed by atoms with van der Waals surface area (Å²) >= 11 is 1.71. The number of nitrogens with zero attached hydrogens (tertiary/aromatic N) is 7. The second-order valence-electron chi connectivity index (χ2n) is 8.27. The Kier molecular flexibility index (Phi) is 6.11. The number of piperazine rings is 1. The minimum Gasteiger partial charge on any atom is -0.351 e. The summed E-state index contributed by atoms with van der Waals surface area (Å²) in [6, 6.07) is 4.12. The third-order valence-corrected chi connectivity index (χ3v) is 6.84. The van der Waals surface area contributed by atoms with Crippen molar-refractivity contribution in [2.75, 3.05) is 44.7 Å². The van der Waals surface area contributed by atoms with Crippen molar-refractivity contribution in [2.45, 2.75) is 18.8 Å². The summed E-state index contributed by atoms with van der Waals surface area (Å²) in [6.45, 7) is 4.61. The van der Waals surface area contributed by atoms with Crippen LogP contribution in [0.15, 0.2) is 47.7 Å². The average molecular weight is 449 g/mol. The van der Waals surface area contributed by atoms with E-state index in [0.717, 1.165) is 67.7 Å². The van der Waals surface area contributed by atoms with Crippen LogP contribution >= 0.6 is 11.3 Å². The number of fused-ring (bicyclic) bond motifs is 1. The number of imidazole rings is 1. The normalized spacial score (nSPS) is 16.0. The highest BCUT2D eigenvalue weighted by molar-refractivity contribution is 7.08. The fraction of sp³-hybridized carbons (Fsp3) is 0.391. The maximum Gasteiger partial charge on any atom is 0.180 e. The van der Waals surface area contributed by atoms with E-state index < -0.39 is 0 Å². The van der Waals surface area contributed by atoms with Crippen LogP contribution in [0, 0.1) is 0 Å². The van der Waals surface area contributed by atoms with E-state index in [1.54, 1.807) is 11.3 Å². The van der Waals surface area contributed by atoms with Crippen molar-refractivity contribution in [3.8, 4) is 11.4 Å². The van der Waals surface area contributed by atoms with Crippen LogP contribution in [0.25, 0.3) is 17.0 Å². The zero-order valence-corrected chi connectivity index (χ0v) is 19.1. The van der Waals surface area contributed by atoms with Gasteiger partial charge in [0.2, 0.25) is 0 Å². The van der Waals surface area contributed by atoms with E-state index in [9.17, 15) is 0 Å². The molecule has 32 heavy (non-hydrogen) atoms. The molecule has 1 aliphatic rings. The molecule has 1 fully saturated rings. The summed E-state index contributed by atoms with van der Waals surface area (Å²) in [5.74, 6) is 2.09. The number of aromatic nitrogens is 5. The molecule has 4 aromatic rings. The molecule has 9 heteroatoms. The molecule has 0 aliphatic carbocycles. The molecule has 1 aliphatic heterocycles. The Hall–Kier alpha value is -2.88. The van der Waals surface area contributed by atoms with Gasteiger partial charge in [-0.05, 0) is 54.4 Å². The first kappa shape index (κ1) is 21.0. The molecule has 0 amide bonds. The molecule has 0 radical (unpaired) electrons. The van der Waals surface area contributed by atoms with Crippen LogP contribution in [-0.4, -0.2) is 69.0 Å². The van der Waals surface area contributed by atoms with Crippen molar-refractivity contribution >= 4 is 22.8 Å². The SMILES string of the molecule is CN1CCN(c2nccn3c(-c4ccnc(CC(CCN)c5ccsc5)n4)cnc23)CC1. The number of hydrogen-bond acceptors (Lipinski definition) is 8. The summed E-state index contributed by atoms with van der Waals surface area (Å²) in [4.78, 5) is 23.5. The van der Waals surface area contributed by atoms with Gasteiger partial charge in [0.1, 0.15) is 5.82 Å². The Labute approximate surface area is 191 Å². The molecule has 0 bridgehead atoms. The summed E-state index contributed by atoms with van der Waals surface area (Å²) < 4.78 is 2.09. The number of hydrogen-bond donors (Lipinski definition) is 1. The molecule has 1 atom stereocenters. The Balaban J connectivity index is 1.44. The molecule has 0 saturated carbocycles.